The maximum absolute atomic E-state index is 12.8. The molecule has 0 radical (unpaired) electrons. The lowest BCUT2D eigenvalue weighted by Crippen LogP contribution is -2.73. The number of aliphatic hydroxyl groups is 2. The summed E-state index contributed by atoms with van der Waals surface area (Å²) in [6, 6.07) is 0. The van der Waals surface area contributed by atoms with Gasteiger partial charge < -0.3 is 15.3 Å². The molecule has 0 heterocycles. The second-order valence-electron chi connectivity index (χ2n) is 14.7. The minimum absolute atomic E-state index is 0.0451. The normalized spacial score (nSPS) is 55.9. The van der Waals surface area contributed by atoms with Crippen molar-refractivity contribution in [3.8, 4) is 0 Å². The lowest BCUT2D eigenvalue weighted by atomic mass is 9.31. The van der Waals surface area contributed by atoms with E-state index in [4.69, 9.17) is 0 Å². The lowest BCUT2D eigenvalue weighted by Gasteiger charge is -2.74. The van der Waals surface area contributed by atoms with Crippen molar-refractivity contribution < 1.29 is 20.1 Å². The number of aliphatic carboxylic acids is 1. The third-order valence-electron chi connectivity index (χ3n) is 13.6. The topological polar surface area (TPSA) is 77.8 Å². The highest BCUT2D eigenvalue weighted by atomic mass is 16.4. The smallest absolute Gasteiger partial charge is 0.310 e. The maximum atomic E-state index is 12.8. The Kier molecular flexibility index (Phi) is 5.20. The zero-order valence-electron chi connectivity index (χ0n) is 22.4. The molecule has 5 saturated carbocycles. The third-order valence-corrected chi connectivity index (χ3v) is 13.6. The summed E-state index contributed by atoms with van der Waals surface area (Å²) in [5.74, 6) is 0.0895. The fourth-order valence-corrected chi connectivity index (χ4v) is 11.5. The van der Waals surface area contributed by atoms with Crippen LogP contribution in [0.25, 0.3) is 0 Å². The zero-order valence-corrected chi connectivity index (χ0v) is 22.4. The molecule has 0 aromatic carbocycles. The number of carboxylic acids is 1. The number of hydrogen-bond donors (Lipinski definition) is 3. The van der Waals surface area contributed by atoms with Crippen LogP contribution < -0.4 is 0 Å². The summed E-state index contributed by atoms with van der Waals surface area (Å²) >= 11 is 0. The average Bonchev–Trinajstić information content (AvgIpc) is 3.16. The Bertz CT molecular complexity index is 909. The number of allylic oxidation sites excluding steroid dienone is 1. The highest BCUT2D eigenvalue weighted by Gasteiger charge is 2.77. The van der Waals surface area contributed by atoms with E-state index in [1.54, 1.807) is 0 Å². The lowest BCUT2D eigenvalue weighted by molar-refractivity contribution is -0.305. The van der Waals surface area contributed by atoms with Gasteiger partial charge in [-0.15, -0.1) is 0 Å². The summed E-state index contributed by atoms with van der Waals surface area (Å²) in [6.45, 7) is 18.1. The average molecular weight is 473 g/mol. The molecule has 5 aliphatic carbocycles. The molecule has 34 heavy (non-hydrogen) atoms. The van der Waals surface area contributed by atoms with Gasteiger partial charge in [0.25, 0.3) is 0 Å². The number of rotatable bonds is 2. The van der Waals surface area contributed by atoms with Crippen molar-refractivity contribution in [2.45, 2.75) is 117 Å². The van der Waals surface area contributed by atoms with Gasteiger partial charge in [-0.1, -0.05) is 46.8 Å². The highest BCUT2D eigenvalue weighted by Crippen LogP contribution is 2.78. The first-order valence-corrected chi connectivity index (χ1v) is 13.9. The van der Waals surface area contributed by atoms with Gasteiger partial charge in [0.05, 0.1) is 17.1 Å². The van der Waals surface area contributed by atoms with E-state index >= 15 is 0 Å². The summed E-state index contributed by atoms with van der Waals surface area (Å²) in [7, 11) is 0. The maximum Gasteiger partial charge on any atom is 0.310 e. The number of hydrogen-bond acceptors (Lipinski definition) is 3. The van der Waals surface area contributed by atoms with Crippen LogP contribution in [0.15, 0.2) is 12.2 Å². The van der Waals surface area contributed by atoms with Crippen LogP contribution in [0.4, 0.5) is 0 Å². The van der Waals surface area contributed by atoms with E-state index in [9.17, 15) is 20.1 Å². The van der Waals surface area contributed by atoms with Crippen LogP contribution in [0.3, 0.4) is 0 Å². The van der Waals surface area contributed by atoms with E-state index in [1.165, 1.54) is 0 Å². The van der Waals surface area contributed by atoms with Crippen LogP contribution in [-0.4, -0.2) is 33.0 Å². The summed E-state index contributed by atoms with van der Waals surface area (Å²) in [5, 5.41) is 34.2. The van der Waals surface area contributed by atoms with Crippen molar-refractivity contribution in [3.63, 3.8) is 0 Å². The van der Waals surface area contributed by atoms with E-state index in [-0.39, 0.29) is 39.6 Å². The van der Waals surface area contributed by atoms with E-state index in [1.807, 2.05) is 6.92 Å². The standard InChI is InChI=1S/C30H48O4/c1-18(2)19-8-14-29(24(32)33)17-16-28(7)27(6)13-9-20-25(3,4)22(31)11-12-26(20,5)21(27)10-15-30(28,34)23(19)29/h19-23,31,34H,1,8-17H2,2-7H3,(H,32,33)/t19-,20+,21+,22-,23-,26-,27+,28-,29-,30-/m0/s1. The summed E-state index contributed by atoms with van der Waals surface area (Å²) in [4.78, 5) is 12.8. The van der Waals surface area contributed by atoms with Crippen LogP contribution >= 0.6 is 0 Å². The van der Waals surface area contributed by atoms with Crippen molar-refractivity contribution in [2.24, 2.45) is 50.7 Å². The predicted molar refractivity (Wildman–Crippen MR) is 134 cm³/mol. The van der Waals surface area contributed by atoms with Gasteiger partial charge in [-0.05, 0) is 105 Å². The second-order valence-corrected chi connectivity index (χ2v) is 14.7. The molecule has 0 unspecified atom stereocenters. The van der Waals surface area contributed by atoms with Crippen LogP contribution in [0.2, 0.25) is 0 Å². The molecule has 192 valence electrons. The second kappa shape index (κ2) is 7.12. The van der Waals surface area contributed by atoms with Gasteiger partial charge in [0, 0.05) is 11.3 Å². The van der Waals surface area contributed by atoms with Crippen molar-refractivity contribution in [2.75, 3.05) is 0 Å². The molecule has 0 bridgehead atoms. The van der Waals surface area contributed by atoms with Crippen molar-refractivity contribution >= 4 is 5.97 Å². The van der Waals surface area contributed by atoms with Gasteiger partial charge in [-0.2, -0.15) is 0 Å². The Morgan fingerprint density at radius 1 is 0.853 bits per heavy atom. The van der Waals surface area contributed by atoms with E-state index in [0.29, 0.717) is 31.1 Å². The van der Waals surface area contributed by atoms with Gasteiger partial charge >= 0.3 is 5.97 Å². The first kappa shape index (κ1) is 24.8. The van der Waals surface area contributed by atoms with Crippen molar-refractivity contribution in [1.29, 1.82) is 0 Å². The first-order chi connectivity index (χ1) is 15.6. The van der Waals surface area contributed by atoms with Crippen LogP contribution in [0, 0.1) is 50.7 Å². The van der Waals surface area contributed by atoms with E-state index < -0.39 is 17.0 Å². The molecule has 3 N–H and O–H groups in total. The van der Waals surface area contributed by atoms with Crippen LogP contribution in [0.5, 0.6) is 0 Å². The number of carbonyl (C=O) groups is 1. The van der Waals surface area contributed by atoms with Crippen LogP contribution in [-0.2, 0) is 4.79 Å². The fourth-order valence-electron chi connectivity index (χ4n) is 11.5. The minimum atomic E-state index is -0.984. The van der Waals surface area contributed by atoms with Gasteiger partial charge in [0.1, 0.15) is 0 Å². The number of carboxylic acid groups (broad SMARTS) is 1. The molecule has 4 nitrogen and oxygen atoms in total. The molecule has 4 heteroatoms. The number of fused-ring (bicyclic) bond motifs is 7. The minimum Gasteiger partial charge on any atom is -0.481 e. The quantitative estimate of drug-likeness (QED) is 0.418. The van der Waals surface area contributed by atoms with Crippen molar-refractivity contribution in [3.05, 3.63) is 12.2 Å². The molecule has 10 atom stereocenters. The van der Waals surface area contributed by atoms with Gasteiger partial charge in [-0.25, -0.2) is 0 Å². The first-order valence-electron chi connectivity index (χ1n) is 13.9. The van der Waals surface area contributed by atoms with E-state index in [0.717, 1.165) is 50.5 Å². The predicted octanol–water partition coefficient (Wildman–Crippen LogP) is 6.20. The van der Waals surface area contributed by atoms with Crippen molar-refractivity contribution in [1.82, 2.24) is 0 Å². The summed E-state index contributed by atoms with van der Waals surface area (Å²) in [5.41, 5.74) is -1.08. The van der Waals surface area contributed by atoms with Gasteiger partial charge in [0.15, 0.2) is 0 Å². The largest absolute Gasteiger partial charge is 0.481 e. The molecule has 0 saturated heterocycles. The third kappa shape index (κ3) is 2.61. The summed E-state index contributed by atoms with van der Waals surface area (Å²) in [6.07, 6.45) is 8.39. The fraction of sp³-hybridized carbons (Fsp3) is 0.900. The molecular weight excluding hydrogens is 424 g/mol. The zero-order chi connectivity index (χ0) is 25.1. The molecule has 5 fully saturated rings. The molecule has 0 aromatic rings. The highest BCUT2D eigenvalue weighted by molar-refractivity contribution is 5.76. The molecule has 0 amide bonds. The van der Waals surface area contributed by atoms with Gasteiger partial charge in [-0.3, -0.25) is 4.79 Å². The Morgan fingerprint density at radius 2 is 1.50 bits per heavy atom. The van der Waals surface area contributed by atoms with Gasteiger partial charge in [0.2, 0.25) is 0 Å². The Morgan fingerprint density at radius 3 is 2.12 bits per heavy atom. The Labute approximate surface area is 206 Å². The molecule has 5 aliphatic rings. The number of aliphatic hydroxyl groups excluding tert-OH is 1. The monoisotopic (exact) mass is 472 g/mol. The van der Waals surface area contributed by atoms with Crippen LogP contribution in [0.1, 0.15) is 106 Å². The Hall–Kier alpha value is -0.870. The molecular formula is C30H48O4. The molecule has 0 aromatic heterocycles. The van der Waals surface area contributed by atoms with E-state index in [2.05, 4.69) is 41.2 Å². The molecule has 5 rings (SSSR count). The Balaban J connectivity index is 1.61. The molecule has 0 spiro atoms. The summed E-state index contributed by atoms with van der Waals surface area (Å²) < 4.78 is 0. The molecule has 0 aliphatic heterocycles. The SMILES string of the molecule is C=C(C)[C@@H]1CC[C@]2(C(=O)O)CC[C@@]3(C)[C@]4(C)CC[C@@H]5C(C)(C)[C@@H](O)CC[C@]5(C)[C@H]4CC[C@]3(O)[C@@H]12.